The van der Waals surface area contributed by atoms with Crippen LogP contribution < -0.4 is 5.32 Å². The first-order valence-electron chi connectivity index (χ1n) is 12.1. The molecule has 4 nitrogen and oxygen atoms in total. The molecule has 1 N–H and O–H groups in total. The Bertz CT molecular complexity index is 1140. The van der Waals surface area contributed by atoms with Crippen LogP contribution in [0.15, 0.2) is 83.3 Å². The minimum Gasteiger partial charge on any atom is -0.350 e. The van der Waals surface area contributed by atoms with E-state index in [2.05, 4.69) is 40.3 Å². The van der Waals surface area contributed by atoms with E-state index in [-0.39, 0.29) is 11.8 Å². The molecule has 0 aliphatic heterocycles. The fraction of sp³-hybridized carbons (Fsp3) is 0.333. The predicted octanol–water partition coefficient (Wildman–Crippen LogP) is 6.55. The number of aryl methyl sites for hydroxylation is 1. The molecule has 36 heavy (non-hydrogen) atoms. The first-order chi connectivity index (χ1) is 17.1. The van der Waals surface area contributed by atoms with E-state index in [0.717, 1.165) is 21.4 Å². The largest absolute Gasteiger partial charge is 0.350 e. The second-order valence-corrected chi connectivity index (χ2v) is 11.9. The highest BCUT2D eigenvalue weighted by atomic mass is 79.9. The minimum absolute atomic E-state index is 0.0403. The summed E-state index contributed by atoms with van der Waals surface area (Å²) in [5.74, 6) is 0.878. The van der Waals surface area contributed by atoms with Gasteiger partial charge in [-0.3, -0.25) is 9.59 Å². The Morgan fingerprint density at radius 2 is 1.56 bits per heavy atom. The molecule has 0 bridgehead atoms. The normalized spacial score (nSPS) is 12.1. The summed E-state index contributed by atoms with van der Waals surface area (Å²) in [7, 11) is 0. The maximum atomic E-state index is 13.7. The van der Waals surface area contributed by atoms with Crippen molar-refractivity contribution in [2.24, 2.45) is 0 Å². The molecule has 0 heterocycles. The van der Waals surface area contributed by atoms with E-state index in [0.29, 0.717) is 18.7 Å². The third-order valence-corrected chi connectivity index (χ3v) is 7.27. The van der Waals surface area contributed by atoms with Crippen LogP contribution in [-0.4, -0.2) is 34.0 Å². The summed E-state index contributed by atoms with van der Waals surface area (Å²) in [5, 5.41) is 3.11. The number of hydrogen-bond donors (Lipinski definition) is 1. The van der Waals surface area contributed by atoms with E-state index in [1.165, 1.54) is 11.1 Å². The molecule has 0 aliphatic carbocycles. The van der Waals surface area contributed by atoms with Crippen molar-refractivity contribution >= 4 is 39.5 Å². The van der Waals surface area contributed by atoms with Crippen molar-refractivity contribution in [2.75, 3.05) is 5.75 Å². The zero-order valence-corrected chi connectivity index (χ0v) is 23.9. The van der Waals surface area contributed by atoms with Crippen LogP contribution in [-0.2, 0) is 28.3 Å². The molecule has 0 aliphatic rings. The van der Waals surface area contributed by atoms with Crippen LogP contribution in [0.2, 0.25) is 0 Å². The van der Waals surface area contributed by atoms with Gasteiger partial charge in [0, 0.05) is 28.7 Å². The number of nitrogens with zero attached hydrogens (tertiary/aromatic N) is 1. The Morgan fingerprint density at radius 3 is 2.19 bits per heavy atom. The van der Waals surface area contributed by atoms with E-state index in [1.807, 2.05) is 87.5 Å². The number of rotatable bonds is 10. The molecular weight excluding hydrogens is 532 g/mol. The van der Waals surface area contributed by atoms with Gasteiger partial charge >= 0.3 is 0 Å². The van der Waals surface area contributed by atoms with Gasteiger partial charge in [0.05, 0.1) is 5.75 Å². The highest BCUT2D eigenvalue weighted by Crippen LogP contribution is 2.21. The van der Waals surface area contributed by atoms with E-state index in [4.69, 9.17) is 0 Å². The summed E-state index contributed by atoms with van der Waals surface area (Å²) in [6.45, 7) is 8.34. The molecule has 0 radical (unpaired) electrons. The van der Waals surface area contributed by atoms with Crippen LogP contribution >= 0.6 is 27.7 Å². The van der Waals surface area contributed by atoms with Crippen molar-refractivity contribution in [1.82, 2.24) is 10.2 Å². The number of halogens is 1. The minimum atomic E-state index is -0.623. The standard InChI is InChI=1S/C30H35BrN2O2S/c1-22-10-8-9-13-25(22)20-36-21-28(34)33(19-24-14-16-26(31)17-15-24)27(29(35)32-30(2,3)4)18-23-11-6-5-7-12-23/h5-17,27H,18-21H2,1-4H3,(H,32,35)/t27-/m0/s1. The Morgan fingerprint density at radius 1 is 0.917 bits per heavy atom. The number of amides is 2. The van der Waals surface area contributed by atoms with Gasteiger partial charge < -0.3 is 10.2 Å². The van der Waals surface area contributed by atoms with Crippen molar-refractivity contribution in [3.05, 3.63) is 106 Å². The van der Waals surface area contributed by atoms with Gasteiger partial charge in [-0.05, 0) is 62.1 Å². The van der Waals surface area contributed by atoms with Gasteiger partial charge in [-0.2, -0.15) is 0 Å². The van der Waals surface area contributed by atoms with Crippen LogP contribution in [0, 0.1) is 6.92 Å². The summed E-state index contributed by atoms with van der Waals surface area (Å²) in [6, 6.07) is 25.4. The maximum Gasteiger partial charge on any atom is 0.243 e. The highest BCUT2D eigenvalue weighted by Gasteiger charge is 2.32. The molecule has 190 valence electrons. The SMILES string of the molecule is Cc1ccccc1CSCC(=O)N(Cc1ccc(Br)cc1)[C@@H](Cc1ccccc1)C(=O)NC(C)(C)C. The molecule has 0 saturated heterocycles. The molecule has 0 aromatic heterocycles. The van der Waals surface area contributed by atoms with Crippen LogP contribution in [0.4, 0.5) is 0 Å². The third-order valence-electron chi connectivity index (χ3n) is 5.78. The molecule has 3 aromatic rings. The van der Waals surface area contributed by atoms with Crippen molar-refractivity contribution < 1.29 is 9.59 Å². The Labute approximate surface area is 228 Å². The number of carbonyl (C=O) groups excluding carboxylic acids is 2. The van der Waals surface area contributed by atoms with Gasteiger partial charge in [-0.25, -0.2) is 0 Å². The molecular formula is C30H35BrN2O2S. The van der Waals surface area contributed by atoms with Crippen LogP contribution in [0.25, 0.3) is 0 Å². The first-order valence-corrected chi connectivity index (χ1v) is 14.1. The molecule has 0 saturated carbocycles. The average molecular weight is 568 g/mol. The monoisotopic (exact) mass is 566 g/mol. The smallest absolute Gasteiger partial charge is 0.243 e. The summed E-state index contributed by atoms with van der Waals surface area (Å²) in [4.78, 5) is 29.0. The van der Waals surface area contributed by atoms with Crippen molar-refractivity contribution in [2.45, 2.75) is 58.0 Å². The van der Waals surface area contributed by atoms with Gasteiger partial charge in [0.1, 0.15) is 6.04 Å². The zero-order valence-electron chi connectivity index (χ0n) is 21.5. The molecule has 0 fully saturated rings. The van der Waals surface area contributed by atoms with E-state index in [9.17, 15) is 9.59 Å². The lowest BCUT2D eigenvalue weighted by Gasteiger charge is -2.34. The van der Waals surface area contributed by atoms with Crippen molar-refractivity contribution in [1.29, 1.82) is 0 Å². The van der Waals surface area contributed by atoms with Gasteiger partial charge in [0.25, 0.3) is 0 Å². The Kier molecular flexibility index (Phi) is 10.2. The second-order valence-electron chi connectivity index (χ2n) is 10.0. The Balaban J connectivity index is 1.87. The van der Waals surface area contributed by atoms with E-state index < -0.39 is 11.6 Å². The lowest BCUT2D eigenvalue weighted by atomic mass is 10.0. The lowest BCUT2D eigenvalue weighted by Crippen LogP contribution is -2.54. The fourth-order valence-corrected chi connectivity index (χ4v) is 5.15. The third kappa shape index (κ3) is 8.82. The molecule has 3 aromatic carbocycles. The van der Waals surface area contributed by atoms with Crippen molar-refractivity contribution in [3.8, 4) is 0 Å². The molecule has 0 unspecified atom stereocenters. The van der Waals surface area contributed by atoms with Gasteiger partial charge in [-0.1, -0.05) is 82.7 Å². The molecule has 2 amide bonds. The summed E-state index contributed by atoms with van der Waals surface area (Å²) in [6.07, 6.45) is 0.452. The fourth-order valence-electron chi connectivity index (χ4n) is 3.90. The summed E-state index contributed by atoms with van der Waals surface area (Å²) >= 11 is 5.07. The van der Waals surface area contributed by atoms with Gasteiger partial charge in [-0.15, -0.1) is 11.8 Å². The molecule has 6 heteroatoms. The topological polar surface area (TPSA) is 49.4 Å². The number of hydrogen-bond acceptors (Lipinski definition) is 3. The molecule has 3 rings (SSSR count). The number of thioether (sulfide) groups is 1. The first kappa shape index (κ1) is 28.0. The van der Waals surface area contributed by atoms with Crippen molar-refractivity contribution in [3.63, 3.8) is 0 Å². The lowest BCUT2D eigenvalue weighted by molar-refractivity contribution is -0.140. The highest BCUT2D eigenvalue weighted by molar-refractivity contribution is 9.10. The van der Waals surface area contributed by atoms with E-state index in [1.54, 1.807) is 16.7 Å². The van der Waals surface area contributed by atoms with Crippen LogP contribution in [0.3, 0.4) is 0 Å². The van der Waals surface area contributed by atoms with Crippen LogP contribution in [0.1, 0.15) is 43.0 Å². The number of benzene rings is 3. The quantitative estimate of drug-likeness (QED) is 0.303. The van der Waals surface area contributed by atoms with E-state index >= 15 is 0 Å². The average Bonchev–Trinajstić information content (AvgIpc) is 2.83. The van der Waals surface area contributed by atoms with Gasteiger partial charge in [0.2, 0.25) is 11.8 Å². The maximum absolute atomic E-state index is 13.7. The van der Waals surface area contributed by atoms with Crippen LogP contribution in [0.5, 0.6) is 0 Å². The molecule has 0 spiro atoms. The predicted molar refractivity (Wildman–Crippen MR) is 154 cm³/mol. The zero-order chi connectivity index (χ0) is 26.1. The van der Waals surface area contributed by atoms with Gasteiger partial charge in [0.15, 0.2) is 0 Å². The second kappa shape index (κ2) is 13.1. The summed E-state index contributed by atoms with van der Waals surface area (Å²) in [5.41, 5.74) is 4.04. The Hall–Kier alpha value is -2.57. The number of nitrogens with one attached hydrogen (secondary N) is 1. The molecule has 1 atom stereocenters. The number of carbonyl (C=O) groups is 2. The summed E-state index contributed by atoms with van der Waals surface area (Å²) < 4.78 is 0.976.